The Bertz CT molecular complexity index is 1240. The van der Waals surface area contributed by atoms with Crippen molar-refractivity contribution in [3.63, 3.8) is 0 Å². The molecule has 0 radical (unpaired) electrons. The molecule has 3 N–H and O–H groups in total. The van der Waals surface area contributed by atoms with Crippen molar-refractivity contribution in [3.05, 3.63) is 82.9 Å². The van der Waals surface area contributed by atoms with Gasteiger partial charge in [0.15, 0.2) is 17.3 Å². The third-order valence-electron chi connectivity index (χ3n) is 5.53. The maximum atomic E-state index is 13.5. The van der Waals surface area contributed by atoms with Gasteiger partial charge in [0.1, 0.15) is 0 Å². The van der Waals surface area contributed by atoms with Gasteiger partial charge in [0.25, 0.3) is 0 Å². The average molecular weight is 444 g/mol. The van der Waals surface area contributed by atoms with Gasteiger partial charge in [-0.05, 0) is 30.7 Å². The van der Waals surface area contributed by atoms with Gasteiger partial charge in [-0.1, -0.05) is 56.2 Å². The van der Waals surface area contributed by atoms with Crippen LogP contribution in [0.5, 0.6) is 5.75 Å². The van der Waals surface area contributed by atoms with E-state index < -0.39 is 6.16 Å². The van der Waals surface area contributed by atoms with Crippen molar-refractivity contribution in [2.45, 2.75) is 26.2 Å². The van der Waals surface area contributed by atoms with Crippen molar-refractivity contribution >= 4 is 34.8 Å². The van der Waals surface area contributed by atoms with Gasteiger partial charge in [-0.25, -0.2) is 4.79 Å². The fourth-order valence-corrected chi connectivity index (χ4v) is 3.97. The van der Waals surface area contributed by atoms with Crippen LogP contribution >= 0.6 is 0 Å². The predicted octanol–water partition coefficient (Wildman–Crippen LogP) is 5.86. The minimum Gasteiger partial charge on any atom is -0.449 e. The summed E-state index contributed by atoms with van der Waals surface area (Å²) in [6.45, 7) is 2.80. The zero-order chi connectivity index (χ0) is 23.4. The summed E-state index contributed by atoms with van der Waals surface area (Å²) in [5, 5.41) is 15.5. The normalized spacial score (nSPS) is 12.0. The molecule has 3 aromatic carbocycles. The first-order valence-corrected chi connectivity index (χ1v) is 10.9. The lowest BCUT2D eigenvalue weighted by atomic mass is 9.82. The number of carboxylic acid groups (broad SMARTS) is 1. The minimum atomic E-state index is -1.45. The van der Waals surface area contributed by atoms with Gasteiger partial charge in [0.05, 0.1) is 22.5 Å². The molecule has 0 aromatic heterocycles. The molecule has 4 rings (SSSR count). The third kappa shape index (κ3) is 4.43. The summed E-state index contributed by atoms with van der Waals surface area (Å²) in [4.78, 5) is 38.0. The van der Waals surface area contributed by atoms with Crippen LogP contribution in [-0.2, 0) is 0 Å². The van der Waals surface area contributed by atoms with E-state index in [0.717, 1.165) is 19.3 Å². The molecular weight excluding hydrogens is 420 g/mol. The second-order valence-electron chi connectivity index (χ2n) is 7.74. The maximum Gasteiger partial charge on any atom is 0.511 e. The molecule has 0 atom stereocenters. The largest absolute Gasteiger partial charge is 0.511 e. The predicted molar refractivity (Wildman–Crippen MR) is 126 cm³/mol. The molecule has 7 heteroatoms. The highest BCUT2D eigenvalue weighted by molar-refractivity contribution is 6.32. The number of carbonyl (C=O) groups excluding carboxylic acids is 2. The molecule has 0 fully saturated rings. The number of rotatable bonds is 8. The zero-order valence-electron chi connectivity index (χ0n) is 18.2. The number of fused-ring (bicyclic) bond motifs is 2. The Balaban J connectivity index is 1.80. The Morgan fingerprint density at radius 1 is 0.818 bits per heavy atom. The van der Waals surface area contributed by atoms with Crippen molar-refractivity contribution in [1.29, 1.82) is 0 Å². The minimum absolute atomic E-state index is 0.0931. The van der Waals surface area contributed by atoms with Crippen molar-refractivity contribution < 1.29 is 24.2 Å². The van der Waals surface area contributed by atoms with Crippen LogP contribution in [0.25, 0.3) is 0 Å². The molecule has 0 unspecified atom stereocenters. The molecule has 0 saturated heterocycles. The molecule has 7 nitrogen and oxygen atoms in total. The van der Waals surface area contributed by atoms with E-state index >= 15 is 0 Å². The molecule has 3 aromatic rings. The van der Waals surface area contributed by atoms with Crippen LogP contribution in [-0.4, -0.2) is 29.4 Å². The first-order chi connectivity index (χ1) is 16.0. The van der Waals surface area contributed by atoms with E-state index in [0.29, 0.717) is 40.3 Å². The van der Waals surface area contributed by atoms with E-state index in [-0.39, 0.29) is 22.9 Å². The summed E-state index contributed by atoms with van der Waals surface area (Å²) >= 11 is 0. The number of unbranched alkanes of at least 4 members (excludes halogenated alkanes) is 2. The fraction of sp³-hybridized carbons (Fsp3) is 0.192. The van der Waals surface area contributed by atoms with Crippen LogP contribution < -0.4 is 15.4 Å². The van der Waals surface area contributed by atoms with Crippen LogP contribution in [0.1, 0.15) is 58.0 Å². The molecule has 0 amide bonds. The zero-order valence-corrected chi connectivity index (χ0v) is 18.2. The Morgan fingerprint density at radius 3 is 2.09 bits per heavy atom. The topological polar surface area (TPSA) is 105 Å². The summed E-state index contributed by atoms with van der Waals surface area (Å²) in [6.07, 6.45) is 1.64. The van der Waals surface area contributed by atoms with Crippen LogP contribution in [0.15, 0.2) is 60.7 Å². The standard InChI is InChI=1S/C26H24N2O5/c1-2-3-8-15-27-19-13-14-20(28-18-11-6-7-12-21(18)33-26(31)32)23-22(19)24(29)16-9-4-5-10-17(16)25(23)30/h4-7,9-14,27-28H,2-3,8,15H2,1H3,(H,31,32). The Hall–Kier alpha value is -4.13. The molecule has 0 saturated carbocycles. The van der Waals surface area contributed by atoms with Crippen LogP contribution in [0.2, 0.25) is 0 Å². The average Bonchev–Trinajstić information content (AvgIpc) is 2.81. The Kier molecular flexibility index (Phi) is 6.40. The molecule has 0 aliphatic heterocycles. The first-order valence-electron chi connectivity index (χ1n) is 10.9. The van der Waals surface area contributed by atoms with E-state index in [4.69, 9.17) is 9.84 Å². The quantitative estimate of drug-likeness (QED) is 0.177. The summed E-state index contributed by atoms with van der Waals surface area (Å²) in [5.74, 6) is -0.399. The number of para-hydroxylation sites is 2. The van der Waals surface area contributed by atoms with E-state index in [1.807, 2.05) is 0 Å². The lowest BCUT2D eigenvalue weighted by molar-refractivity contribution is 0.0980. The molecule has 1 aliphatic rings. The highest BCUT2D eigenvalue weighted by Crippen LogP contribution is 2.39. The van der Waals surface area contributed by atoms with Crippen molar-refractivity contribution in [2.75, 3.05) is 17.2 Å². The molecule has 33 heavy (non-hydrogen) atoms. The smallest absolute Gasteiger partial charge is 0.449 e. The number of anilines is 3. The number of ketones is 2. The highest BCUT2D eigenvalue weighted by Gasteiger charge is 2.34. The molecular formula is C26H24N2O5. The van der Waals surface area contributed by atoms with E-state index in [1.165, 1.54) is 6.07 Å². The number of carbonyl (C=O) groups is 3. The SMILES string of the molecule is CCCCCNc1ccc(Nc2ccccc2OC(=O)O)c2c1C(=O)c1ccccc1C2=O. The van der Waals surface area contributed by atoms with E-state index in [2.05, 4.69) is 17.6 Å². The highest BCUT2D eigenvalue weighted by atomic mass is 16.7. The van der Waals surface area contributed by atoms with Gasteiger partial charge >= 0.3 is 6.16 Å². The van der Waals surface area contributed by atoms with Crippen molar-refractivity contribution in [1.82, 2.24) is 0 Å². The molecule has 168 valence electrons. The van der Waals surface area contributed by atoms with Gasteiger partial charge in [-0.2, -0.15) is 0 Å². The van der Waals surface area contributed by atoms with Crippen molar-refractivity contribution in [2.24, 2.45) is 0 Å². The van der Waals surface area contributed by atoms with E-state index in [9.17, 15) is 14.4 Å². The third-order valence-corrected chi connectivity index (χ3v) is 5.53. The molecule has 0 bridgehead atoms. The monoisotopic (exact) mass is 444 g/mol. The number of nitrogens with one attached hydrogen (secondary N) is 2. The van der Waals surface area contributed by atoms with Crippen LogP contribution in [0, 0.1) is 0 Å². The van der Waals surface area contributed by atoms with Crippen LogP contribution in [0.4, 0.5) is 21.9 Å². The number of hydrogen-bond donors (Lipinski definition) is 3. The van der Waals surface area contributed by atoms with Gasteiger partial charge in [0.2, 0.25) is 0 Å². The summed E-state index contributed by atoms with van der Waals surface area (Å²) in [7, 11) is 0. The van der Waals surface area contributed by atoms with Gasteiger partial charge in [-0.3, -0.25) is 9.59 Å². The lowest BCUT2D eigenvalue weighted by Gasteiger charge is -2.24. The number of hydrogen-bond acceptors (Lipinski definition) is 6. The second-order valence-corrected chi connectivity index (χ2v) is 7.74. The van der Waals surface area contributed by atoms with Gasteiger partial charge < -0.3 is 20.5 Å². The summed E-state index contributed by atoms with van der Waals surface area (Å²) < 4.78 is 4.86. The molecule has 0 heterocycles. The number of benzene rings is 3. The lowest BCUT2D eigenvalue weighted by Crippen LogP contribution is -2.24. The van der Waals surface area contributed by atoms with Crippen LogP contribution in [0.3, 0.4) is 0 Å². The fourth-order valence-electron chi connectivity index (χ4n) is 3.97. The van der Waals surface area contributed by atoms with E-state index in [1.54, 1.807) is 54.6 Å². The summed E-state index contributed by atoms with van der Waals surface area (Å²) in [5.41, 5.74) is 2.66. The molecule has 1 aliphatic carbocycles. The van der Waals surface area contributed by atoms with Gasteiger partial charge in [-0.15, -0.1) is 0 Å². The van der Waals surface area contributed by atoms with Crippen molar-refractivity contribution in [3.8, 4) is 5.75 Å². The Morgan fingerprint density at radius 2 is 1.42 bits per heavy atom. The summed E-state index contributed by atoms with van der Waals surface area (Å²) in [6, 6.07) is 16.8. The second kappa shape index (κ2) is 9.56. The maximum absolute atomic E-state index is 13.5. The number of ether oxygens (including phenoxy) is 1. The first kappa shape index (κ1) is 22.1. The molecule has 0 spiro atoms. The Labute approximate surface area is 191 Å². The van der Waals surface area contributed by atoms with Gasteiger partial charge in [0, 0.05) is 23.4 Å².